The molecular weight excluding hydrogens is 366 g/mol. The van der Waals surface area contributed by atoms with E-state index in [0.29, 0.717) is 16.9 Å². The van der Waals surface area contributed by atoms with Gasteiger partial charge in [0.2, 0.25) is 11.8 Å². The fourth-order valence-electron chi connectivity index (χ4n) is 4.08. The quantitative estimate of drug-likeness (QED) is 0.453. The first-order valence-corrected chi connectivity index (χ1v) is 9.25. The minimum Gasteiger partial charge on any atom is -0.550 e. The van der Waals surface area contributed by atoms with Crippen molar-refractivity contribution in [2.75, 3.05) is 19.8 Å². The normalized spacial score (nSPS) is 22.4. The lowest BCUT2D eigenvalue weighted by molar-refractivity contribution is -0.314. The van der Waals surface area contributed by atoms with E-state index < -0.39 is 66.8 Å². The molecule has 2 amide bonds. The number of carbonyl (C=O) groups excluding carboxylic acids is 3. The molecule has 0 aliphatic carbocycles. The lowest BCUT2D eigenvalue weighted by Crippen LogP contribution is -2.60. The van der Waals surface area contributed by atoms with Crippen LogP contribution in [0.25, 0.3) is 0 Å². The fraction of sp³-hybridized carbons (Fsp3) is 0.550. The highest BCUT2D eigenvalue weighted by atomic mass is 16.4. The number of nitrogens with zero attached hydrogens (tertiary/aromatic N) is 1. The molecule has 1 heterocycles. The molecule has 0 aromatic heterocycles. The number of hydrogen-bond acceptors (Lipinski definition) is 7. The maximum absolute atomic E-state index is 13.1. The van der Waals surface area contributed by atoms with Gasteiger partial charge in [0.1, 0.15) is 5.54 Å². The second kappa shape index (κ2) is 8.81. The second-order valence-corrected chi connectivity index (χ2v) is 7.30. The van der Waals surface area contributed by atoms with E-state index >= 15 is 0 Å². The van der Waals surface area contributed by atoms with Crippen LogP contribution < -0.4 is 5.11 Å². The molecule has 154 valence electrons. The molecular formula is C20H26NO7-. The number of aliphatic hydroxyl groups is 3. The van der Waals surface area contributed by atoms with Gasteiger partial charge in [0.05, 0.1) is 25.7 Å². The first-order valence-electron chi connectivity index (χ1n) is 9.25. The average molecular weight is 392 g/mol. The zero-order chi connectivity index (χ0) is 21.1. The van der Waals surface area contributed by atoms with Crippen LogP contribution in [0.2, 0.25) is 0 Å². The van der Waals surface area contributed by atoms with Crippen molar-refractivity contribution in [2.24, 2.45) is 17.8 Å². The fourth-order valence-corrected chi connectivity index (χ4v) is 4.08. The predicted octanol–water partition coefficient (Wildman–Crippen LogP) is -1.12. The standard InChI is InChI=1S/C20H27NO7/c1-3-14(13-7-5-4-6-8-13)16(19(27)28)15-12(2)17(25)21(18(15)26)20(9-22,10-23)11-24/h4-8,12,14-16,22-24H,3,9-11H2,1-2H3,(H,27,28)/p-1. The van der Waals surface area contributed by atoms with Crippen LogP contribution in [0.4, 0.5) is 0 Å². The molecule has 4 atom stereocenters. The Hall–Kier alpha value is -2.29. The number of carbonyl (C=O) groups is 3. The molecule has 0 bridgehead atoms. The molecule has 1 aliphatic heterocycles. The summed E-state index contributed by atoms with van der Waals surface area (Å²) >= 11 is 0. The zero-order valence-electron chi connectivity index (χ0n) is 15.9. The van der Waals surface area contributed by atoms with Gasteiger partial charge >= 0.3 is 0 Å². The van der Waals surface area contributed by atoms with Gasteiger partial charge in [0, 0.05) is 17.8 Å². The van der Waals surface area contributed by atoms with Gasteiger partial charge in [0.25, 0.3) is 0 Å². The first-order chi connectivity index (χ1) is 13.3. The van der Waals surface area contributed by atoms with Crippen molar-refractivity contribution in [3.05, 3.63) is 35.9 Å². The number of aliphatic hydroxyl groups excluding tert-OH is 3. The number of carboxylic acid groups (broad SMARTS) is 1. The van der Waals surface area contributed by atoms with Crippen LogP contribution in [0.1, 0.15) is 31.7 Å². The molecule has 4 unspecified atom stereocenters. The summed E-state index contributed by atoms with van der Waals surface area (Å²) in [5.41, 5.74) is -1.18. The van der Waals surface area contributed by atoms with Crippen LogP contribution in [-0.2, 0) is 14.4 Å². The lowest BCUT2D eigenvalue weighted by atomic mass is 9.73. The summed E-state index contributed by atoms with van der Waals surface area (Å²) in [4.78, 5) is 38.6. The monoisotopic (exact) mass is 392 g/mol. The molecule has 0 radical (unpaired) electrons. The predicted molar refractivity (Wildman–Crippen MR) is 96.5 cm³/mol. The highest BCUT2D eigenvalue weighted by Gasteiger charge is 2.56. The second-order valence-electron chi connectivity index (χ2n) is 7.30. The molecule has 0 spiro atoms. The molecule has 1 aliphatic rings. The van der Waals surface area contributed by atoms with E-state index in [4.69, 9.17) is 0 Å². The van der Waals surface area contributed by atoms with E-state index in [2.05, 4.69) is 0 Å². The van der Waals surface area contributed by atoms with Gasteiger partial charge in [-0.15, -0.1) is 0 Å². The summed E-state index contributed by atoms with van der Waals surface area (Å²) in [6.45, 7) is 0.695. The van der Waals surface area contributed by atoms with E-state index in [1.807, 2.05) is 0 Å². The molecule has 1 aromatic carbocycles. The Bertz CT molecular complexity index is 708. The molecule has 3 N–H and O–H groups in total. The molecule has 28 heavy (non-hydrogen) atoms. The number of aliphatic carboxylic acids is 1. The summed E-state index contributed by atoms with van der Waals surface area (Å²) in [5, 5.41) is 41.0. The number of benzene rings is 1. The van der Waals surface area contributed by atoms with Crippen LogP contribution in [0.15, 0.2) is 30.3 Å². The maximum Gasteiger partial charge on any atom is 0.234 e. The Labute approximate surface area is 163 Å². The van der Waals surface area contributed by atoms with Crippen molar-refractivity contribution in [1.82, 2.24) is 4.90 Å². The van der Waals surface area contributed by atoms with Gasteiger partial charge < -0.3 is 25.2 Å². The largest absolute Gasteiger partial charge is 0.550 e. The SMILES string of the molecule is CCC(c1ccccc1)C(C(=O)[O-])C1C(=O)N(C(CO)(CO)CO)C(=O)C1C. The summed E-state index contributed by atoms with van der Waals surface area (Å²) in [7, 11) is 0. The lowest BCUT2D eigenvalue weighted by Gasteiger charge is -2.37. The van der Waals surface area contributed by atoms with E-state index in [0.717, 1.165) is 0 Å². The Morgan fingerprint density at radius 3 is 2.07 bits per heavy atom. The van der Waals surface area contributed by atoms with E-state index in [1.54, 1.807) is 37.3 Å². The zero-order valence-corrected chi connectivity index (χ0v) is 15.9. The maximum atomic E-state index is 13.1. The number of rotatable bonds is 9. The van der Waals surface area contributed by atoms with E-state index in [-0.39, 0.29) is 0 Å². The Kier molecular flexibility index (Phi) is 6.92. The van der Waals surface area contributed by atoms with Crippen LogP contribution in [-0.4, -0.2) is 63.4 Å². The molecule has 0 saturated carbocycles. The highest BCUT2D eigenvalue weighted by Crippen LogP contribution is 2.42. The molecule has 1 saturated heterocycles. The van der Waals surface area contributed by atoms with Crippen LogP contribution in [0.5, 0.6) is 0 Å². The Morgan fingerprint density at radius 1 is 1.11 bits per heavy atom. The number of carboxylic acids is 1. The van der Waals surface area contributed by atoms with Gasteiger partial charge in [-0.1, -0.05) is 44.2 Å². The minimum atomic E-state index is -1.89. The number of likely N-dealkylation sites (tertiary alicyclic amines) is 1. The van der Waals surface area contributed by atoms with Crippen LogP contribution in [0, 0.1) is 17.8 Å². The summed E-state index contributed by atoms with van der Waals surface area (Å²) in [5.74, 6) is -7.10. The molecule has 1 aromatic rings. The Morgan fingerprint density at radius 2 is 1.64 bits per heavy atom. The van der Waals surface area contributed by atoms with Crippen molar-refractivity contribution >= 4 is 17.8 Å². The number of hydrogen-bond donors (Lipinski definition) is 3. The molecule has 1 fully saturated rings. The molecule has 2 rings (SSSR count). The van der Waals surface area contributed by atoms with E-state index in [9.17, 15) is 34.8 Å². The summed E-state index contributed by atoms with van der Waals surface area (Å²) in [6, 6.07) is 8.82. The third kappa shape index (κ3) is 3.55. The van der Waals surface area contributed by atoms with E-state index in [1.165, 1.54) is 6.92 Å². The van der Waals surface area contributed by atoms with Crippen molar-refractivity contribution in [2.45, 2.75) is 31.7 Å². The van der Waals surface area contributed by atoms with Crippen LogP contribution >= 0.6 is 0 Å². The van der Waals surface area contributed by atoms with Crippen molar-refractivity contribution < 1.29 is 34.8 Å². The third-order valence-electron chi connectivity index (χ3n) is 5.77. The topological polar surface area (TPSA) is 138 Å². The first kappa shape index (κ1) is 22.0. The van der Waals surface area contributed by atoms with Crippen LogP contribution in [0.3, 0.4) is 0 Å². The summed E-state index contributed by atoms with van der Waals surface area (Å²) < 4.78 is 0. The minimum absolute atomic E-state index is 0.401. The van der Waals surface area contributed by atoms with Crippen molar-refractivity contribution in [1.29, 1.82) is 0 Å². The van der Waals surface area contributed by atoms with Crippen molar-refractivity contribution in [3.63, 3.8) is 0 Å². The molecule has 8 heteroatoms. The highest BCUT2D eigenvalue weighted by molar-refractivity contribution is 6.07. The third-order valence-corrected chi connectivity index (χ3v) is 5.77. The van der Waals surface area contributed by atoms with Gasteiger partial charge in [-0.25, -0.2) is 0 Å². The van der Waals surface area contributed by atoms with Gasteiger partial charge in [0.15, 0.2) is 0 Å². The van der Waals surface area contributed by atoms with Gasteiger partial charge in [-0.2, -0.15) is 0 Å². The molecule has 8 nitrogen and oxygen atoms in total. The average Bonchev–Trinajstić information content (AvgIpc) is 2.92. The van der Waals surface area contributed by atoms with Gasteiger partial charge in [-0.05, 0) is 17.9 Å². The Balaban J connectivity index is 2.52. The number of imide groups is 1. The smallest absolute Gasteiger partial charge is 0.234 e. The van der Waals surface area contributed by atoms with Gasteiger partial charge in [-0.3, -0.25) is 14.5 Å². The summed E-state index contributed by atoms with van der Waals surface area (Å²) in [6.07, 6.45) is 0.401. The number of amides is 2. The van der Waals surface area contributed by atoms with Crippen molar-refractivity contribution in [3.8, 4) is 0 Å².